The van der Waals surface area contributed by atoms with Crippen molar-refractivity contribution in [3.8, 4) is 0 Å². The average molecular weight is 355 g/mol. The third kappa shape index (κ3) is 5.71. The standard InChI is InChI=1S/C16H19BrO4/c1-11(5-4-10-21-12(2)18)15(16(19)20-3)13-6-8-14(17)9-7-13/h4-9,11,15H,10H2,1-3H3/b5-4+/t11-,15+/m0/s1. The Labute approximate surface area is 133 Å². The minimum atomic E-state index is -0.392. The molecule has 0 aliphatic heterocycles. The Balaban J connectivity index is 2.84. The normalized spacial score (nSPS) is 13.7. The van der Waals surface area contributed by atoms with Gasteiger partial charge in [0.2, 0.25) is 0 Å². The van der Waals surface area contributed by atoms with Gasteiger partial charge in [0.25, 0.3) is 0 Å². The summed E-state index contributed by atoms with van der Waals surface area (Å²) in [5, 5.41) is 0. The summed E-state index contributed by atoms with van der Waals surface area (Å²) in [5.74, 6) is -1.09. The highest BCUT2D eigenvalue weighted by molar-refractivity contribution is 9.10. The van der Waals surface area contributed by atoms with E-state index in [1.807, 2.05) is 37.3 Å². The second-order valence-corrected chi connectivity index (χ2v) is 5.56. The Morgan fingerprint density at radius 1 is 1.29 bits per heavy atom. The molecule has 114 valence electrons. The molecular weight excluding hydrogens is 336 g/mol. The van der Waals surface area contributed by atoms with Crippen molar-refractivity contribution in [1.29, 1.82) is 0 Å². The van der Waals surface area contributed by atoms with Gasteiger partial charge in [-0.1, -0.05) is 47.1 Å². The van der Waals surface area contributed by atoms with Gasteiger partial charge in [0.15, 0.2) is 0 Å². The predicted molar refractivity (Wildman–Crippen MR) is 83.8 cm³/mol. The van der Waals surface area contributed by atoms with Crippen LogP contribution in [0, 0.1) is 5.92 Å². The van der Waals surface area contributed by atoms with Crippen molar-refractivity contribution >= 4 is 27.9 Å². The lowest BCUT2D eigenvalue weighted by molar-refractivity contribution is -0.143. The van der Waals surface area contributed by atoms with Crippen molar-refractivity contribution in [1.82, 2.24) is 0 Å². The van der Waals surface area contributed by atoms with Crippen LogP contribution in [0.15, 0.2) is 40.9 Å². The summed E-state index contributed by atoms with van der Waals surface area (Å²) < 4.78 is 10.7. The minimum absolute atomic E-state index is 0.0748. The van der Waals surface area contributed by atoms with E-state index in [4.69, 9.17) is 9.47 Å². The second kappa shape index (κ2) is 8.62. The molecule has 2 atom stereocenters. The van der Waals surface area contributed by atoms with Crippen molar-refractivity contribution < 1.29 is 19.1 Å². The van der Waals surface area contributed by atoms with E-state index in [9.17, 15) is 9.59 Å². The summed E-state index contributed by atoms with van der Waals surface area (Å²) in [7, 11) is 1.38. The highest BCUT2D eigenvalue weighted by Gasteiger charge is 2.26. The van der Waals surface area contributed by atoms with Gasteiger partial charge in [-0.2, -0.15) is 0 Å². The number of halogens is 1. The molecule has 0 saturated carbocycles. The number of benzene rings is 1. The molecule has 1 rings (SSSR count). The van der Waals surface area contributed by atoms with Crippen LogP contribution in [0.1, 0.15) is 25.3 Å². The van der Waals surface area contributed by atoms with Crippen LogP contribution in [0.5, 0.6) is 0 Å². The Kier molecular flexibility index (Phi) is 7.15. The molecule has 0 fully saturated rings. The summed E-state index contributed by atoms with van der Waals surface area (Å²) >= 11 is 3.37. The van der Waals surface area contributed by atoms with Crippen molar-refractivity contribution in [2.24, 2.45) is 5.92 Å². The lowest BCUT2D eigenvalue weighted by Gasteiger charge is -2.19. The number of hydrogen-bond donors (Lipinski definition) is 0. The van der Waals surface area contributed by atoms with Crippen molar-refractivity contribution in [2.45, 2.75) is 19.8 Å². The van der Waals surface area contributed by atoms with Crippen LogP contribution < -0.4 is 0 Å². The third-order valence-corrected chi connectivity index (χ3v) is 3.56. The maximum Gasteiger partial charge on any atom is 0.313 e. The zero-order chi connectivity index (χ0) is 15.8. The summed E-state index contributed by atoms with van der Waals surface area (Å²) in [4.78, 5) is 22.7. The fourth-order valence-corrected chi connectivity index (χ4v) is 2.26. The molecule has 0 heterocycles. The molecule has 0 amide bonds. The summed E-state index contributed by atoms with van der Waals surface area (Å²) in [6.07, 6.45) is 3.59. The molecule has 1 aromatic rings. The Morgan fingerprint density at radius 3 is 2.43 bits per heavy atom. The third-order valence-electron chi connectivity index (χ3n) is 3.03. The van der Waals surface area contributed by atoms with Crippen LogP contribution in [-0.4, -0.2) is 25.7 Å². The van der Waals surface area contributed by atoms with Gasteiger partial charge >= 0.3 is 11.9 Å². The molecule has 0 aliphatic rings. The largest absolute Gasteiger partial charge is 0.469 e. The van der Waals surface area contributed by atoms with Gasteiger partial charge in [-0.15, -0.1) is 0 Å². The molecule has 0 aromatic heterocycles. The molecule has 0 bridgehead atoms. The molecule has 5 heteroatoms. The lowest BCUT2D eigenvalue weighted by Crippen LogP contribution is -2.20. The summed E-state index contributed by atoms with van der Waals surface area (Å²) in [5.41, 5.74) is 0.884. The second-order valence-electron chi connectivity index (χ2n) is 4.64. The van der Waals surface area contributed by atoms with E-state index >= 15 is 0 Å². The topological polar surface area (TPSA) is 52.6 Å². The van der Waals surface area contributed by atoms with Crippen molar-refractivity contribution in [3.63, 3.8) is 0 Å². The lowest BCUT2D eigenvalue weighted by atomic mass is 9.87. The number of carbonyl (C=O) groups is 2. The van der Waals surface area contributed by atoms with E-state index < -0.39 is 5.92 Å². The zero-order valence-corrected chi connectivity index (χ0v) is 13.9. The molecule has 0 unspecified atom stereocenters. The highest BCUT2D eigenvalue weighted by atomic mass is 79.9. The first kappa shape index (κ1) is 17.4. The first-order chi connectivity index (χ1) is 9.95. The van der Waals surface area contributed by atoms with Crippen LogP contribution in [0.3, 0.4) is 0 Å². The number of hydrogen-bond acceptors (Lipinski definition) is 4. The average Bonchev–Trinajstić information content (AvgIpc) is 2.45. The quantitative estimate of drug-likeness (QED) is 0.579. The minimum Gasteiger partial charge on any atom is -0.469 e. The van der Waals surface area contributed by atoms with Crippen molar-refractivity contribution in [2.75, 3.05) is 13.7 Å². The van der Waals surface area contributed by atoms with Crippen LogP contribution in [0.2, 0.25) is 0 Å². The first-order valence-electron chi connectivity index (χ1n) is 6.59. The fourth-order valence-electron chi connectivity index (χ4n) is 2.00. The number of methoxy groups -OCH3 is 1. The summed E-state index contributed by atoms with van der Waals surface area (Å²) in [6, 6.07) is 7.56. The van der Waals surface area contributed by atoms with E-state index in [1.54, 1.807) is 6.08 Å². The van der Waals surface area contributed by atoms with E-state index in [-0.39, 0.29) is 24.5 Å². The van der Waals surface area contributed by atoms with Crippen LogP contribution in [0.4, 0.5) is 0 Å². The van der Waals surface area contributed by atoms with E-state index in [0.29, 0.717) is 0 Å². The van der Waals surface area contributed by atoms with E-state index in [1.165, 1.54) is 14.0 Å². The van der Waals surface area contributed by atoms with Gasteiger partial charge in [-0.25, -0.2) is 0 Å². The molecule has 0 aliphatic carbocycles. The number of carbonyl (C=O) groups excluding carboxylic acids is 2. The number of ether oxygens (including phenoxy) is 2. The monoisotopic (exact) mass is 354 g/mol. The molecule has 0 saturated heterocycles. The molecule has 0 radical (unpaired) electrons. The highest BCUT2D eigenvalue weighted by Crippen LogP contribution is 2.28. The molecule has 4 nitrogen and oxygen atoms in total. The van der Waals surface area contributed by atoms with Crippen LogP contribution >= 0.6 is 15.9 Å². The smallest absolute Gasteiger partial charge is 0.313 e. The molecule has 1 aromatic carbocycles. The zero-order valence-electron chi connectivity index (χ0n) is 12.3. The van der Waals surface area contributed by atoms with E-state index in [2.05, 4.69) is 15.9 Å². The molecular formula is C16H19BrO4. The molecule has 0 N–H and O–H groups in total. The van der Waals surface area contributed by atoms with Gasteiger partial charge in [-0.3, -0.25) is 9.59 Å². The van der Waals surface area contributed by atoms with Crippen LogP contribution in [0.25, 0.3) is 0 Å². The first-order valence-corrected chi connectivity index (χ1v) is 7.38. The van der Waals surface area contributed by atoms with Crippen LogP contribution in [-0.2, 0) is 19.1 Å². The van der Waals surface area contributed by atoms with Gasteiger partial charge < -0.3 is 9.47 Å². The number of rotatable bonds is 6. The SMILES string of the molecule is COC(=O)[C@@H](c1ccc(Br)cc1)[C@@H](C)/C=C/COC(C)=O. The predicted octanol–water partition coefficient (Wildman–Crippen LogP) is 3.46. The Morgan fingerprint density at radius 2 is 1.90 bits per heavy atom. The maximum absolute atomic E-state index is 12.0. The van der Waals surface area contributed by atoms with Gasteiger partial charge in [0, 0.05) is 11.4 Å². The maximum atomic E-state index is 12.0. The fraction of sp³-hybridized carbons (Fsp3) is 0.375. The molecule has 0 spiro atoms. The van der Waals surface area contributed by atoms with Gasteiger partial charge in [-0.05, 0) is 23.6 Å². The van der Waals surface area contributed by atoms with Gasteiger partial charge in [0.1, 0.15) is 6.61 Å². The number of allylic oxidation sites excluding steroid dienone is 1. The summed E-state index contributed by atoms with van der Waals surface area (Å²) in [6.45, 7) is 3.48. The van der Waals surface area contributed by atoms with Crippen molar-refractivity contribution in [3.05, 3.63) is 46.5 Å². The molecule has 21 heavy (non-hydrogen) atoms. The Hall–Kier alpha value is -1.62. The Bertz CT molecular complexity index is 508. The number of esters is 2. The van der Waals surface area contributed by atoms with Gasteiger partial charge in [0.05, 0.1) is 13.0 Å². The van der Waals surface area contributed by atoms with E-state index in [0.717, 1.165) is 10.0 Å².